The van der Waals surface area contributed by atoms with Gasteiger partial charge in [0.05, 0.1) is 13.0 Å². The van der Waals surface area contributed by atoms with Crippen LogP contribution in [0.25, 0.3) is 10.9 Å². The van der Waals surface area contributed by atoms with Crippen LogP contribution in [0.4, 0.5) is 0 Å². The second-order valence-electron chi connectivity index (χ2n) is 13.5. The van der Waals surface area contributed by atoms with Crippen molar-refractivity contribution in [2.24, 2.45) is 22.2 Å². The van der Waals surface area contributed by atoms with Gasteiger partial charge in [0, 0.05) is 54.5 Å². The van der Waals surface area contributed by atoms with E-state index in [9.17, 15) is 43.5 Å². The summed E-state index contributed by atoms with van der Waals surface area (Å²) in [6.07, 6.45) is 2.48. The number of benzene rings is 1. The van der Waals surface area contributed by atoms with E-state index in [1.165, 1.54) is 26.5 Å². The first-order valence-electron chi connectivity index (χ1n) is 18.4. The summed E-state index contributed by atoms with van der Waals surface area (Å²) in [5.41, 5.74) is 17.8. The van der Waals surface area contributed by atoms with Crippen molar-refractivity contribution in [1.29, 1.82) is 0 Å². The standard InChI is InChI=1S/C35H49N11O9S2/c36-30(51)25-18-57-56-13-10-27(47)42-22(8-3-4-11-39-35(37)38)31(52)41-17-28(48)43-23(15-29(49)50)32(53)44-24(14-19-16-40-21-7-2-1-6-20(19)21)34(55)46-12-5-9-26(46)33(54)45-25/h1-2,6-7,16,22-26,40H,3-5,8-15,17-18H2,(H2,36,51)(H,41,52)(H,42,47)(H,43,48)(H,44,53)(H,45,54)(H,49,50)(H4,37,38,39)/t22-,23-,24+,25+,26+/m0/s1. The molecule has 0 aliphatic carbocycles. The Kier molecular flexibility index (Phi) is 16.8. The van der Waals surface area contributed by atoms with Crippen LogP contribution in [0, 0.1) is 0 Å². The molecular formula is C35H49N11O9S2. The number of carboxylic acid groups (broad SMARTS) is 1. The van der Waals surface area contributed by atoms with Crippen molar-refractivity contribution >= 4 is 85.8 Å². The summed E-state index contributed by atoms with van der Waals surface area (Å²) >= 11 is 0. The lowest BCUT2D eigenvalue weighted by Crippen LogP contribution is -2.59. The summed E-state index contributed by atoms with van der Waals surface area (Å²) in [5, 5.41) is 23.1. The summed E-state index contributed by atoms with van der Waals surface area (Å²) in [6.45, 7) is -0.233. The van der Waals surface area contributed by atoms with Gasteiger partial charge in [-0.2, -0.15) is 0 Å². The lowest BCUT2D eigenvalue weighted by molar-refractivity contribution is -0.143. The third-order valence-corrected chi connectivity index (χ3v) is 11.7. The van der Waals surface area contributed by atoms with E-state index in [1.54, 1.807) is 12.3 Å². The van der Waals surface area contributed by atoms with Crippen molar-refractivity contribution in [3.05, 3.63) is 36.0 Å². The van der Waals surface area contributed by atoms with Gasteiger partial charge in [0.1, 0.15) is 30.2 Å². The average molecular weight is 832 g/mol. The number of fused-ring (bicyclic) bond motifs is 2. The number of nitrogens with two attached hydrogens (primary N) is 3. The zero-order valence-corrected chi connectivity index (χ0v) is 32.8. The average Bonchev–Trinajstić information content (AvgIpc) is 3.82. The van der Waals surface area contributed by atoms with Crippen LogP contribution < -0.4 is 43.8 Å². The molecule has 7 amide bonds. The van der Waals surface area contributed by atoms with E-state index < -0.39 is 90.5 Å². The first-order chi connectivity index (χ1) is 27.2. The van der Waals surface area contributed by atoms with Gasteiger partial charge < -0.3 is 58.8 Å². The molecule has 0 unspecified atom stereocenters. The van der Waals surface area contributed by atoms with Crippen LogP contribution in [0.3, 0.4) is 0 Å². The fourth-order valence-electron chi connectivity index (χ4n) is 6.39. The molecular weight excluding hydrogens is 783 g/mol. The predicted octanol–water partition coefficient (Wildman–Crippen LogP) is -2.05. The minimum atomic E-state index is -1.68. The van der Waals surface area contributed by atoms with Crippen molar-refractivity contribution in [2.45, 2.75) is 81.6 Å². The van der Waals surface area contributed by atoms with Crippen molar-refractivity contribution in [1.82, 2.24) is 36.5 Å². The van der Waals surface area contributed by atoms with Gasteiger partial charge in [0.2, 0.25) is 41.4 Å². The highest BCUT2D eigenvalue weighted by atomic mass is 33.1. The number of H-pyrrole nitrogens is 1. The number of aromatic nitrogens is 1. The minimum Gasteiger partial charge on any atom is -0.481 e. The monoisotopic (exact) mass is 831 g/mol. The molecule has 310 valence electrons. The summed E-state index contributed by atoms with van der Waals surface area (Å²) in [4.78, 5) is 114. The predicted molar refractivity (Wildman–Crippen MR) is 213 cm³/mol. The van der Waals surface area contributed by atoms with E-state index in [2.05, 4.69) is 36.6 Å². The summed E-state index contributed by atoms with van der Waals surface area (Å²) in [6, 6.07) is 1.07. The molecule has 0 saturated carbocycles. The molecule has 3 heterocycles. The molecule has 2 aliphatic heterocycles. The van der Waals surface area contributed by atoms with Gasteiger partial charge in [-0.15, -0.1) is 0 Å². The lowest BCUT2D eigenvalue weighted by Gasteiger charge is -2.30. The van der Waals surface area contributed by atoms with Gasteiger partial charge in [0.25, 0.3) is 0 Å². The van der Waals surface area contributed by atoms with Gasteiger partial charge in [0.15, 0.2) is 5.96 Å². The number of amides is 7. The Morgan fingerprint density at radius 2 is 1.63 bits per heavy atom. The molecule has 2 aliphatic rings. The number of aliphatic imine (C=N–C) groups is 1. The normalized spacial score (nSPS) is 23.6. The fraction of sp³-hybridized carbons (Fsp3) is 0.514. The number of nitrogens with zero attached hydrogens (tertiary/aromatic N) is 2. The molecule has 2 fully saturated rings. The van der Waals surface area contributed by atoms with E-state index in [0.717, 1.165) is 10.9 Å². The molecule has 0 bridgehead atoms. The van der Waals surface area contributed by atoms with Crippen LogP contribution in [0.15, 0.2) is 35.5 Å². The molecule has 13 N–H and O–H groups in total. The molecule has 0 radical (unpaired) electrons. The Bertz CT molecular complexity index is 1840. The fourth-order valence-corrected chi connectivity index (χ4v) is 8.56. The van der Waals surface area contributed by atoms with Crippen molar-refractivity contribution in [2.75, 3.05) is 31.1 Å². The minimum absolute atomic E-state index is 0.0195. The Balaban J connectivity index is 1.61. The number of hydrogen-bond donors (Lipinski definition) is 10. The number of aliphatic carboxylic acids is 1. The number of carboxylic acids is 1. The molecule has 0 spiro atoms. The molecule has 1 aromatic carbocycles. The molecule has 20 nitrogen and oxygen atoms in total. The number of unbranched alkanes of at least 4 members (excludes halogenated alkanes) is 1. The first-order valence-corrected chi connectivity index (χ1v) is 20.9. The second-order valence-corrected chi connectivity index (χ2v) is 16.1. The molecule has 4 rings (SSSR count). The summed E-state index contributed by atoms with van der Waals surface area (Å²) < 4.78 is 0. The van der Waals surface area contributed by atoms with E-state index in [4.69, 9.17) is 17.2 Å². The number of carbonyl (C=O) groups excluding carboxylic acids is 7. The first kappa shape index (κ1) is 44.2. The summed E-state index contributed by atoms with van der Waals surface area (Å²) in [7, 11) is 2.45. The second kappa shape index (κ2) is 21.7. The summed E-state index contributed by atoms with van der Waals surface area (Å²) in [5.74, 6) is -6.35. The Hall–Kier alpha value is -5.51. The van der Waals surface area contributed by atoms with Crippen LogP contribution in [0.2, 0.25) is 0 Å². The third kappa shape index (κ3) is 13.6. The van der Waals surface area contributed by atoms with E-state index >= 15 is 0 Å². The highest BCUT2D eigenvalue weighted by Crippen LogP contribution is 2.25. The van der Waals surface area contributed by atoms with Crippen molar-refractivity contribution in [3.8, 4) is 0 Å². The maximum absolute atomic E-state index is 14.3. The topological polar surface area (TPSA) is 326 Å². The van der Waals surface area contributed by atoms with Gasteiger partial charge in [-0.25, -0.2) is 0 Å². The number of hydrogen-bond acceptors (Lipinski definition) is 11. The number of guanidine groups is 1. The van der Waals surface area contributed by atoms with Crippen LogP contribution in [-0.2, 0) is 44.8 Å². The highest BCUT2D eigenvalue weighted by Gasteiger charge is 2.40. The van der Waals surface area contributed by atoms with Crippen molar-refractivity contribution in [3.63, 3.8) is 0 Å². The van der Waals surface area contributed by atoms with Crippen LogP contribution in [0.1, 0.15) is 50.5 Å². The van der Waals surface area contributed by atoms with Gasteiger partial charge in [-0.05, 0) is 43.7 Å². The van der Waals surface area contributed by atoms with Crippen molar-refractivity contribution < 1.29 is 43.5 Å². The van der Waals surface area contributed by atoms with E-state index in [1.807, 2.05) is 18.2 Å². The molecule has 2 saturated heterocycles. The van der Waals surface area contributed by atoms with Gasteiger partial charge in [-0.3, -0.25) is 43.3 Å². The number of para-hydroxylation sites is 1. The number of nitrogens with one attached hydrogen (secondary N) is 6. The number of carbonyl (C=O) groups is 8. The third-order valence-electron chi connectivity index (χ3n) is 9.24. The number of rotatable bonds is 10. The number of primary amides is 1. The Morgan fingerprint density at radius 1 is 0.877 bits per heavy atom. The smallest absolute Gasteiger partial charge is 0.305 e. The van der Waals surface area contributed by atoms with Crippen LogP contribution in [-0.4, -0.2) is 130 Å². The SMILES string of the molecule is NC(=O)[C@H]1CSSCCC(=O)N[C@@H](CCCCN=C(N)N)C(=O)NCC(=O)N[C@@H](CC(=O)O)C(=O)N[C@H](Cc2c[nH]c3ccccc23)C(=O)N2CCC[C@@H]2C(=O)N1. The lowest BCUT2D eigenvalue weighted by atomic mass is 10.0. The van der Waals surface area contributed by atoms with Crippen LogP contribution >= 0.6 is 21.6 Å². The quantitative estimate of drug-likeness (QED) is 0.0534. The Labute approximate surface area is 335 Å². The number of aromatic amines is 1. The molecule has 5 atom stereocenters. The van der Waals surface area contributed by atoms with E-state index in [0.29, 0.717) is 24.8 Å². The van der Waals surface area contributed by atoms with Gasteiger partial charge in [-0.1, -0.05) is 39.8 Å². The molecule has 1 aromatic heterocycles. The molecule has 57 heavy (non-hydrogen) atoms. The van der Waals surface area contributed by atoms with Crippen LogP contribution in [0.5, 0.6) is 0 Å². The molecule has 2 aromatic rings. The van der Waals surface area contributed by atoms with Gasteiger partial charge >= 0.3 is 5.97 Å². The highest BCUT2D eigenvalue weighted by molar-refractivity contribution is 8.76. The zero-order chi connectivity index (χ0) is 41.5. The molecule has 22 heteroatoms. The Morgan fingerprint density at radius 3 is 2.37 bits per heavy atom. The maximum Gasteiger partial charge on any atom is 0.305 e. The zero-order valence-electron chi connectivity index (χ0n) is 31.1. The maximum atomic E-state index is 14.3. The largest absolute Gasteiger partial charge is 0.481 e. The van der Waals surface area contributed by atoms with E-state index in [-0.39, 0.29) is 56.2 Å².